The number of fused-ring (bicyclic) bond motifs is 2. The van der Waals surface area contributed by atoms with Gasteiger partial charge in [-0.1, -0.05) is 12.1 Å². The van der Waals surface area contributed by atoms with Crippen molar-refractivity contribution >= 4 is 21.7 Å². The molecule has 2 aliphatic heterocycles. The molecule has 2 fully saturated rings. The van der Waals surface area contributed by atoms with Crippen molar-refractivity contribution in [1.29, 1.82) is 0 Å². The van der Waals surface area contributed by atoms with Crippen LogP contribution in [0.4, 0.5) is 5.69 Å². The number of para-hydroxylation sites is 1. The average Bonchev–Trinajstić information content (AvgIpc) is 2.95. The lowest BCUT2D eigenvalue weighted by molar-refractivity contribution is -0.142. The third kappa shape index (κ3) is 1.97. The number of anilines is 1. The van der Waals surface area contributed by atoms with Gasteiger partial charge in [-0.15, -0.1) is 0 Å². The van der Waals surface area contributed by atoms with E-state index in [1.54, 1.807) is 18.2 Å². The van der Waals surface area contributed by atoms with Gasteiger partial charge in [0.2, 0.25) is 10.0 Å². The molecule has 7 heteroatoms. The van der Waals surface area contributed by atoms with Crippen molar-refractivity contribution in [2.45, 2.75) is 36.2 Å². The van der Waals surface area contributed by atoms with E-state index in [9.17, 15) is 18.3 Å². The molecular formula is C13H16N2O4S. The first-order chi connectivity index (χ1) is 9.39. The van der Waals surface area contributed by atoms with Gasteiger partial charge in [-0.05, 0) is 31.4 Å². The molecule has 3 rings (SSSR count). The first-order valence-electron chi connectivity index (χ1n) is 6.52. The predicted molar refractivity (Wildman–Crippen MR) is 72.8 cm³/mol. The van der Waals surface area contributed by atoms with E-state index in [4.69, 9.17) is 5.14 Å². The molecule has 2 saturated heterocycles. The fourth-order valence-corrected chi connectivity index (χ4v) is 4.27. The summed E-state index contributed by atoms with van der Waals surface area (Å²) in [7, 11) is -3.82. The van der Waals surface area contributed by atoms with Crippen molar-refractivity contribution in [2.24, 2.45) is 11.1 Å². The monoisotopic (exact) mass is 296 g/mol. The number of carboxylic acids is 1. The fraction of sp³-hybridized carbons (Fsp3) is 0.462. The van der Waals surface area contributed by atoms with E-state index >= 15 is 0 Å². The van der Waals surface area contributed by atoms with Crippen LogP contribution in [-0.2, 0) is 14.8 Å². The molecular weight excluding hydrogens is 280 g/mol. The summed E-state index contributed by atoms with van der Waals surface area (Å²) in [5.74, 6) is -1.24. The maximum absolute atomic E-state index is 11.7. The van der Waals surface area contributed by atoms with Crippen LogP contribution in [0.5, 0.6) is 0 Å². The van der Waals surface area contributed by atoms with E-state index in [1.807, 2.05) is 4.90 Å². The Balaban J connectivity index is 2.06. The second kappa shape index (κ2) is 4.46. The van der Waals surface area contributed by atoms with Gasteiger partial charge in [0.15, 0.2) is 0 Å². The Morgan fingerprint density at radius 1 is 1.30 bits per heavy atom. The topological polar surface area (TPSA) is 101 Å². The Morgan fingerprint density at radius 3 is 2.60 bits per heavy atom. The molecule has 1 aromatic carbocycles. The number of sulfonamides is 1. The molecule has 1 aromatic rings. The van der Waals surface area contributed by atoms with Crippen LogP contribution in [0.25, 0.3) is 0 Å². The van der Waals surface area contributed by atoms with Gasteiger partial charge >= 0.3 is 5.97 Å². The van der Waals surface area contributed by atoms with E-state index in [0.717, 1.165) is 12.8 Å². The average molecular weight is 296 g/mol. The first-order valence-corrected chi connectivity index (χ1v) is 8.07. The SMILES string of the molecule is NS(=O)(=O)c1ccccc1N1C2CCC1C(C(=O)O)C2. The molecule has 0 aliphatic carbocycles. The summed E-state index contributed by atoms with van der Waals surface area (Å²) in [6.45, 7) is 0. The number of nitrogens with zero attached hydrogens (tertiary/aromatic N) is 1. The Labute approximate surface area is 117 Å². The third-order valence-corrected chi connectivity index (χ3v) is 5.26. The van der Waals surface area contributed by atoms with Crippen molar-refractivity contribution in [3.63, 3.8) is 0 Å². The zero-order chi connectivity index (χ0) is 14.5. The molecule has 108 valence electrons. The molecule has 3 N–H and O–H groups in total. The largest absolute Gasteiger partial charge is 0.481 e. The molecule has 0 amide bonds. The predicted octanol–water partition coefficient (Wildman–Crippen LogP) is 0.776. The van der Waals surface area contributed by atoms with Crippen LogP contribution in [-0.4, -0.2) is 31.6 Å². The minimum atomic E-state index is -3.82. The second-order valence-electron chi connectivity index (χ2n) is 5.40. The number of nitrogens with two attached hydrogens (primary N) is 1. The van der Waals surface area contributed by atoms with Crippen molar-refractivity contribution in [1.82, 2.24) is 0 Å². The lowest BCUT2D eigenvalue weighted by Crippen LogP contribution is -2.34. The van der Waals surface area contributed by atoms with Crippen molar-refractivity contribution in [3.8, 4) is 0 Å². The van der Waals surface area contributed by atoms with Crippen LogP contribution in [0.15, 0.2) is 29.2 Å². The van der Waals surface area contributed by atoms with Crippen molar-refractivity contribution in [3.05, 3.63) is 24.3 Å². The smallest absolute Gasteiger partial charge is 0.308 e. The number of carbonyl (C=O) groups is 1. The summed E-state index contributed by atoms with van der Waals surface area (Å²) in [6.07, 6.45) is 2.24. The Hall–Kier alpha value is -1.60. The van der Waals surface area contributed by atoms with Gasteiger partial charge in [-0.3, -0.25) is 4.79 Å². The molecule has 3 atom stereocenters. The number of primary sulfonamides is 1. The maximum atomic E-state index is 11.7. The lowest BCUT2D eigenvalue weighted by atomic mass is 9.89. The number of benzene rings is 1. The van der Waals surface area contributed by atoms with Gasteiger partial charge in [0.05, 0.1) is 11.6 Å². The lowest BCUT2D eigenvalue weighted by Gasteiger charge is -2.27. The summed E-state index contributed by atoms with van der Waals surface area (Å²) in [5, 5.41) is 14.5. The third-order valence-electron chi connectivity index (χ3n) is 4.30. The number of aliphatic carboxylic acids is 1. The highest BCUT2D eigenvalue weighted by Gasteiger charge is 2.50. The molecule has 0 aromatic heterocycles. The van der Waals surface area contributed by atoms with Crippen molar-refractivity contribution in [2.75, 3.05) is 4.90 Å². The van der Waals surface area contributed by atoms with Crippen LogP contribution in [0.2, 0.25) is 0 Å². The normalized spacial score (nSPS) is 28.9. The van der Waals surface area contributed by atoms with Crippen LogP contribution >= 0.6 is 0 Å². The zero-order valence-electron chi connectivity index (χ0n) is 10.8. The number of rotatable bonds is 3. The Morgan fingerprint density at radius 2 is 2.00 bits per heavy atom. The van der Waals surface area contributed by atoms with Gasteiger partial charge in [-0.2, -0.15) is 0 Å². The minimum Gasteiger partial charge on any atom is -0.481 e. The van der Waals surface area contributed by atoms with Gasteiger partial charge in [0, 0.05) is 12.1 Å². The highest BCUT2D eigenvalue weighted by molar-refractivity contribution is 7.89. The molecule has 2 aliphatic rings. The van der Waals surface area contributed by atoms with Crippen LogP contribution < -0.4 is 10.0 Å². The van der Waals surface area contributed by atoms with Gasteiger partial charge in [0.25, 0.3) is 0 Å². The highest BCUT2D eigenvalue weighted by atomic mass is 32.2. The second-order valence-corrected chi connectivity index (χ2v) is 6.93. The highest BCUT2D eigenvalue weighted by Crippen LogP contribution is 2.46. The Kier molecular flexibility index (Phi) is 2.98. The molecule has 2 heterocycles. The zero-order valence-corrected chi connectivity index (χ0v) is 11.6. The van der Waals surface area contributed by atoms with E-state index in [2.05, 4.69) is 0 Å². The van der Waals surface area contributed by atoms with Crippen molar-refractivity contribution < 1.29 is 18.3 Å². The molecule has 0 spiro atoms. The Bertz CT molecular complexity index is 658. The molecule has 0 saturated carbocycles. The number of hydrogen-bond donors (Lipinski definition) is 2. The number of carboxylic acid groups (broad SMARTS) is 1. The standard InChI is InChI=1S/C13H16N2O4S/c14-20(18,19)12-4-2-1-3-11(12)15-8-5-6-10(15)9(7-8)13(16)17/h1-4,8-10H,5-7H2,(H,16,17)(H2,14,18,19). The fourth-order valence-electron chi connectivity index (χ4n) is 3.54. The maximum Gasteiger partial charge on any atom is 0.308 e. The molecule has 6 nitrogen and oxygen atoms in total. The summed E-state index contributed by atoms with van der Waals surface area (Å²) < 4.78 is 23.4. The summed E-state index contributed by atoms with van der Waals surface area (Å²) in [4.78, 5) is 13.3. The van der Waals surface area contributed by atoms with E-state index in [-0.39, 0.29) is 17.0 Å². The van der Waals surface area contributed by atoms with E-state index < -0.39 is 21.9 Å². The van der Waals surface area contributed by atoms with E-state index in [0.29, 0.717) is 12.1 Å². The van der Waals surface area contributed by atoms with Gasteiger partial charge in [-0.25, -0.2) is 13.6 Å². The summed E-state index contributed by atoms with van der Waals surface area (Å²) in [5.41, 5.74) is 0.534. The van der Waals surface area contributed by atoms with Crippen LogP contribution in [0, 0.1) is 5.92 Å². The summed E-state index contributed by atoms with van der Waals surface area (Å²) >= 11 is 0. The van der Waals surface area contributed by atoms with Gasteiger partial charge < -0.3 is 10.0 Å². The molecule has 2 bridgehead atoms. The number of hydrogen-bond acceptors (Lipinski definition) is 4. The molecule has 0 radical (unpaired) electrons. The molecule has 20 heavy (non-hydrogen) atoms. The van der Waals surface area contributed by atoms with E-state index in [1.165, 1.54) is 6.07 Å². The van der Waals surface area contributed by atoms with Crippen LogP contribution in [0.1, 0.15) is 19.3 Å². The quantitative estimate of drug-likeness (QED) is 0.858. The first kappa shape index (κ1) is 13.4. The van der Waals surface area contributed by atoms with Gasteiger partial charge in [0.1, 0.15) is 4.90 Å². The van der Waals surface area contributed by atoms with Crippen LogP contribution in [0.3, 0.4) is 0 Å². The summed E-state index contributed by atoms with van der Waals surface area (Å²) in [6, 6.07) is 6.49. The minimum absolute atomic E-state index is 0.0722. The molecule has 3 unspecified atom stereocenters.